The molecule has 0 spiro atoms. The highest BCUT2D eigenvalue weighted by atomic mass is 32.2. The minimum Gasteiger partial charge on any atom is -0.505 e. The zero-order valence-corrected chi connectivity index (χ0v) is 15.9. The number of carboxylic acid groups (broad SMARTS) is 1. The van der Waals surface area contributed by atoms with Crippen molar-refractivity contribution in [2.45, 2.75) is 9.79 Å². The van der Waals surface area contributed by atoms with Gasteiger partial charge in [-0.1, -0.05) is 0 Å². The maximum absolute atomic E-state index is 12.8. The molecule has 0 atom stereocenters. The Morgan fingerprint density at radius 2 is 1.72 bits per heavy atom. The Morgan fingerprint density at radius 3 is 2.34 bits per heavy atom. The first-order valence-corrected chi connectivity index (χ1v) is 9.73. The van der Waals surface area contributed by atoms with Crippen LogP contribution in [0.5, 0.6) is 11.5 Å². The lowest BCUT2D eigenvalue weighted by Crippen LogP contribution is -2.29. The van der Waals surface area contributed by atoms with Crippen LogP contribution in [0.4, 0.5) is 0 Å². The lowest BCUT2D eigenvalue weighted by molar-refractivity contribution is -0.135. The molecule has 1 heterocycles. The van der Waals surface area contributed by atoms with Crippen molar-refractivity contribution in [1.29, 1.82) is 0 Å². The number of hydrogen-bond donors (Lipinski definition) is 3. The van der Waals surface area contributed by atoms with E-state index < -0.39 is 34.0 Å². The molecule has 0 fully saturated rings. The summed E-state index contributed by atoms with van der Waals surface area (Å²) in [5.74, 6) is -2.08. The Bertz CT molecular complexity index is 1210. The molecule has 0 saturated carbocycles. The van der Waals surface area contributed by atoms with E-state index in [0.717, 1.165) is 0 Å². The average Bonchev–Trinajstić information content (AvgIpc) is 2.71. The van der Waals surface area contributed by atoms with E-state index in [2.05, 4.69) is 10.3 Å². The van der Waals surface area contributed by atoms with Crippen molar-refractivity contribution in [1.82, 2.24) is 10.3 Å². The van der Waals surface area contributed by atoms with Gasteiger partial charge in [0.1, 0.15) is 18.0 Å². The quantitative estimate of drug-likeness (QED) is 0.550. The van der Waals surface area contributed by atoms with Crippen LogP contribution in [0.3, 0.4) is 0 Å². The predicted octanol–water partition coefficient (Wildman–Crippen LogP) is 1.60. The highest BCUT2D eigenvalue weighted by molar-refractivity contribution is 7.91. The number of aromatic nitrogens is 1. The molecule has 3 rings (SSSR count). The molecule has 2 aromatic carbocycles. The Labute approximate surface area is 165 Å². The highest BCUT2D eigenvalue weighted by Crippen LogP contribution is 2.28. The van der Waals surface area contributed by atoms with Gasteiger partial charge in [-0.05, 0) is 48.5 Å². The summed E-state index contributed by atoms with van der Waals surface area (Å²) in [6.45, 7) is -0.628. The van der Waals surface area contributed by atoms with Gasteiger partial charge in [0, 0.05) is 5.39 Å². The molecule has 0 bridgehead atoms. The van der Waals surface area contributed by atoms with Crippen LogP contribution in [-0.4, -0.2) is 49.1 Å². The monoisotopic (exact) mass is 416 g/mol. The van der Waals surface area contributed by atoms with Gasteiger partial charge >= 0.3 is 5.97 Å². The second-order valence-corrected chi connectivity index (χ2v) is 7.92. The van der Waals surface area contributed by atoms with Crippen LogP contribution < -0.4 is 10.1 Å². The van der Waals surface area contributed by atoms with E-state index in [0.29, 0.717) is 11.1 Å². The zero-order chi connectivity index (χ0) is 21.2. The van der Waals surface area contributed by atoms with Gasteiger partial charge in [0.2, 0.25) is 9.84 Å². The second kappa shape index (κ2) is 7.76. The van der Waals surface area contributed by atoms with Crippen LogP contribution in [0, 0.1) is 0 Å². The molecular formula is C19H16N2O7S. The average molecular weight is 416 g/mol. The Hall–Kier alpha value is -3.66. The molecule has 1 aromatic heterocycles. The molecule has 0 saturated heterocycles. The van der Waals surface area contributed by atoms with E-state index in [4.69, 9.17) is 9.84 Å². The van der Waals surface area contributed by atoms with Crippen LogP contribution in [0.25, 0.3) is 10.9 Å². The van der Waals surface area contributed by atoms with Crippen LogP contribution in [0.15, 0.2) is 58.3 Å². The number of methoxy groups -OCH3 is 1. The number of hydrogen-bond acceptors (Lipinski definition) is 7. The first-order chi connectivity index (χ1) is 13.7. The van der Waals surface area contributed by atoms with Gasteiger partial charge < -0.3 is 20.3 Å². The first kappa shape index (κ1) is 20.1. The number of amides is 1. The summed E-state index contributed by atoms with van der Waals surface area (Å²) in [4.78, 5) is 26.6. The fraction of sp³-hybridized carbons (Fsp3) is 0.105. The Kier molecular flexibility index (Phi) is 5.37. The van der Waals surface area contributed by atoms with Gasteiger partial charge in [0.15, 0.2) is 5.69 Å². The maximum atomic E-state index is 12.8. The summed E-state index contributed by atoms with van der Waals surface area (Å²) in [7, 11) is -2.35. The molecule has 29 heavy (non-hydrogen) atoms. The molecule has 10 heteroatoms. The van der Waals surface area contributed by atoms with E-state index >= 15 is 0 Å². The fourth-order valence-corrected chi connectivity index (χ4v) is 3.90. The summed E-state index contributed by atoms with van der Waals surface area (Å²) in [6, 6.07) is 11.2. The lowest BCUT2D eigenvalue weighted by Gasteiger charge is -2.09. The van der Waals surface area contributed by atoms with Crippen molar-refractivity contribution in [2.24, 2.45) is 0 Å². The van der Waals surface area contributed by atoms with Crippen molar-refractivity contribution >= 4 is 32.6 Å². The van der Waals surface area contributed by atoms with Gasteiger partial charge in [-0.3, -0.25) is 9.59 Å². The predicted molar refractivity (Wildman–Crippen MR) is 102 cm³/mol. The van der Waals surface area contributed by atoms with E-state index in [1.54, 1.807) is 0 Å². The number of carbonyl (C=O) groups excluding carboxylic acids is 1. The SMILES string of the molecule is COc1ccc(S(=O)(=O)c2ccc3nc(C(=O)NCC(=O)O)c(O)cc3c2)cc1. The van der Waals surface area contributed by atoms with Crippen LogP contribution in [0.2, 0.25) is 0 Å². The number of nitrogens with one attached hydrogen (secondary N) is 1. The number of benzene rings is 2. The highest BCUT2D eigenvalue weighted by Gasteiger charge is 2.20. The molecule has 0 aliphatic heterocycles. The number of ether oxygens (including phenoxy) is 1. The number of nitrogens with zero attached hydrogens (tertiary/aromatic N) is 1. The topological polar surface area (TPSA) is 143 Å². The molecular weight excluding hydrogens is 400 g/mol. The standard InChI is InChI=1S/C19H16N2O7S/c1-28-12-2-4-13(5-3-12)29(26,27)14-6-7-15-11(8-14)9-16(22)18(21-15)19(25)20-10-17(23)24/h2-9,22H,10H2,1H3,(H,20,25)(H,23,24). The number of sulfone groups is 1. The molecule has 3 N–H and O–H groups in total. The van der Waals surface area contributed by atoms with E-state index in [1.165, 1.54) is 55.6 Å². The van der Waals surface area contributed by atoms with Gasteiger partial charge in [-0.25, -0.2) is 13.4 Å². The number of fused-ring (bicyclic) bond motifs is 1. The molecule has 0 aliphatic carbocycles. The third-order valence-electron chi connectivity index (χ3n) is 4.06. The summed E-state index contributed by atoms with van der Waals surface area (Å²) in [5.41, 5.74) is -0.0959. The number of pyridine rings is 1. The summed E-state index contributed by atoms with van der Waals surface area (Å²) in [5, 5.41) is 21.1. The van der Waals surface area contributed by atoms with Gasteiger partial charge in [-0.15, -0.1) is 0 Å². The number of aliphatic carboxylic acids is 1. The number of rotatable bonds is 6. The third kappa shape index (κ3) is 4.11. The van der Waals surface area contributed by atoms with Crippen molar-refractivity contribution in [3.63, 3.8) is 0 Å². The molecule has 150 valence electrons. The Morgan fingerprint density at radius 1 is 1.07 bits per heavy atom. The van der Waals surface area contributed by atoms with E-state index in [1.807, 2.05) is 0 Å². The number of carbonyl (C=O) groups is 2. The van der Waals surface area contributed by atoms with Crippen molar-refractivity contribution in [2.75, 3.05) is 13.7 Å². The molecule has 1 amide bonds. The molecule has 0 unspecified atom stereocenters. The minimum atomic E-state index is -3.82. The largest absolute Gasteiger partial charge is 0.505 e. The van der Waals surface area contributed by atoms with Crippen molar-refractivity contribution in [3.8, 4) is 11.5 Å². The summed E-state index contributed by atoms with van der Waals surface area (Å²) < 4.78 is 30.7. The van der Waals surface area contributed by atoms with Crippen LogP contribution in [0.1, 0.15) is 10.5 Å². The lowest BCUT2D eigenvalue weighted by atomic mass is 10.2. The second-order valence-electron chi connectivity index (χ2n) is 5.97. The van der Waals surface area contributed by atoms with Gasteiger partial charge in [0.25, 0.3) is 5.91 Å². The van der Waals surface area contributed by atoms with Crippen molar-refractivity contribution < 1.29 is 33.0 Å². The van der Waals surface area contributed by atoms with E-state index in [-0.39, 0.29) is 21.0 Å². The third-order valence-corrected chi connectivity index (χ3v) is 5.83. The van der Waals surface area contributed by atoms with Crippen LogP contribution >= 0.6 is 0 Å². The first-order valence-electron chi connectivity index (χ1n) is 8.25. The number of carboxylic acids is 1. The smallest absolute Gasteiger partial charge is 0.322 e. The fourth-order valence-electron chi connectivity index (χ4n) is 2.61. The van der Waals surface area contributed by atoms with Crippen molar-refractivity contribution in [3.05, 3.63) is 54.2 Å². The summed E-state index contributed by atoms with van der Waals surface area (Å²) >= 11 is 0. The summed E-state index contributed by atoms with van der Waals surface area (Å²) in [6.07, 6.45) is 0. The van der Waals surface area contributed by atoms with Gasteiger partial charge in [0.05, 0.1) is 22.4 Å². The molecule has 9 nitrogen and oxygen atoms in total. The molecule has 0 aliphatic rings. The normalized spacial score (nSPS) is 11.2. The maximum Gasteiger partial charge on any atom is 0.322 e. The van der Waals surface area contributed by atoms with Crippen LogP contribution in [-0.2, 0) is 14.6 Å². The zero-order valence-electron chi connectivity index (χ0n) is 15.1. The Balaban J connectivity index is 1.98. The molecule has 0 radical (unpaired) electrons. The molecule has 3 aromatic rings. The minimum absolute atomic E-state index is 0.0144. The van der Waals surface area contributed by atoms with Gasteiger partial charge in [-0.2, -0.15) is 0 Å². The van der Waals surface area contributed by atoms with E-state index in [9.17, 15) is 23.1 Å². The number of aromatic hydroxyl groups is 1.